The Bertz CT molecular complexity index is 879. The van der Waals surface area contributed by atoms with Gasteiger partial charge in [-0.05, 0) is 37.5 Å². The molecule has 1 unspecified atom stereocenters. The maximum atomic E-state index is 13.5. The van der Waals surface area contributed by atoms with Crippen molar-refractivity contribution in [2.75, 3.05) is 0 Å². The number of nitriles is 1. The zero-order chi connectivity index (χ0) is 20.7. The van der Waals surface area contributed by atoms with Crippen molar-refractivity contribution >= 4 is 25.6 Å². The number of hydrogen-bond acceptors (Lipinski definition) is 5. The van der Waals surface area contributed by atoms with E-state index in [0.717, 1.165) is 24.3 Å². The topological polar surface area (TPSA) is 99.1 Å². The highest BCUT2D eigenvalue weighted by Crippen LogP contribution is 2.38. The molecule has 2 atom stereocenters. The molecule has 1 saturated carbocycles. The average molecular weight is 428 g/mol. The lowest BCUT2D eigenvalue weighted by molar-refractivity contribution is -0.161. The Balaban J connectivity index is 2.44. The van der Waals surface area contributed by atoms with Crippen LogP contribution in [0.3, 0.4) is 0 Å². The van der Waals surface area contributed by atoms with Crippen LogP contribution in [-0.2, 0) is 13.8 Å². The van der Waals surface area contributed by atoms with Gasteiger partial charge < -0.3 is 5.32 Å². The highest BCUT2D eigenvalue weighted by molar-refractivity contribution is 8.15. The van der Waals surface area contributed by atoms with Gasteiger partial charge in [-0.2, -0.15) is 18.4 Å². The molecule has 1 aliphatic rings. The van der Waals surface area contributed by atoms with Gasteiger partial charge in [-0.3, -0.25) is 10.1 Å². The number of nitrogens with zero attached hydrogens (tertiary/aromatic N) is 1. The molecule has 0 spiro atoms. The van der Waals surface area contributed by atoms with Crippen LogP contribution < -0.4 is 10.6 Å². The highest BCUT2D eigenvalue weighted by Gasteiger charge is 2.56. The molecule has 0 radical (unpaired) electrons. The van der Waals surface area contributed by atoms with Crippen LogP contribution >= 0.6 is 10.7 Å². The molecule has 1 fully saturated rings. The van der Waals surface area contributed by atoms with Gasteiger partial charge >= 0.3 is 6.18 Å². The molecule has 0 heterocycles. The molecule has 27 heavy (non-hydrogen) atoms. The van der Waals surface area contributed by atoms with Crippen molar-refractivity contribution in [1.82, 2.24) is 10.6 Å². The fourth-order valence-electron chi connectivity index (χ4n) is 2.26. The standard InChI is InChI=1S/C15H14ClF4N3O3S/c1-13(27(16,25)26,12(24)23-14(8-21)6-7-14)22-11(15(18,19)20)9-2-4-10(17)5-3-9/h2-5,11,22H,6-7H2,1H3,(H,23,24)/t11-,13?/m0/s1. The minimum absolute atomic E-state index is 0.230. The van der Waals surface area contributed by atoms with Gasteiger partial charge in [0.25, 0.3) is 15.0 Å². The Morgan fingerprint density at radius 2 is 1.81 bits per heavy atom. The van der Waals surface area contributed by atoms with E-state index in [0.29, 0.717) is 6.92 Å². The maximum Gasteiger partial charge on any atom is 0.407 e. The monoisotopic (exact) mass is 427 g/mol. The van der Waals surface area contributed by atoms with Crippen LogP contribution in [0.5, 0.6) is 0 Å². The lowest BCUT2D eigenvalue weighted by Crippen LogP contribution is -2.62. The predicted octanol–water partition coefficient (Wildman–Crippen LogP) is 2.48. The third-order valence-corrected chi connectivity index (χ3v) is 6.39. The van der Waals surface area contributed by atoms with Crippen LogP contribution in [0.4, 0.5) is 17.6 Å². The summed E-state index contributed by atoms with van der Waals surface area (Å²) in [6.45, 7) is 0.667. The Hall–Kier alpha value is -1.90. The second-order valence-electron chi connectivity index (χ2n) is 6.29. The molecular weight excluding hydrogens is 414 g/mol. The van der Waals surface area contributed by atoms with E-state index >= 15 is 0 Å². The Morgan fingerprint density at radius 1 is 1.30 bits per heavy atom. The van der Waals surface area contributed by atoms with E-state index in [1.165, 1.54) is 0 Å². The van der Waals surface area contributed by atoms with Crippen molar-refractivity contribution in [3.63, 3.8) is 0 Å². The fourth-order valence-corrected chi connectivity index (χ4v) is 3.13. The summed E-state index contributed by atoms with van der Waals surface area (Å²) in [4.78, 5) is 9.55. The smallest absolute Gasteiger partial charge is 0.335 e. The first-order valence-electron chi connectivity index (χ1n) is 7.52. The van der Waals surface area contributed by atoms with Gasteiger partial charge in [-0.15, -0.1) is 0 Å². The Labute approximate surface area is 156 Å². The number of rotatable bonds is 6. The summed E-state index contributed by atoms with van der Waals surface area (Å²) in [6, 6.07) is 2.26. The number of benzene rings is 1. The SMILES string of the molecule is CC(N[C@@H](c1ccc(F)cc1)C(F)(F)F)(C(=O)NC1(C#N)CC1)S(=O)(=O)Cl. The van der Waals surface area contributed by atoms with E-state index in [1.807, 2.05) is 0 Å². The van der Waals surface area contributed by atoms with Gasteiger partial charge in [-0.25, -0.2) is 12.8 Å². The summed E-state index contributed by atoms with van der Waals surface area (Å²) < 4.78 is 77.5. The third kappa shape index (κ3) is 4.51. The van der Waals surface area contributed by atoms with Crippen LogP contribution in [0.25, 0.3) is 0 Å². The number of nitrogens with one attached hydrogen (secondary N) is 2. The molecule has 2 N–H and O–H groups in total. The molecule has 0 bridgehead atoms. The minimum atomic E-state index is -5.03. The molecule has 6 nitrogen and oxygen atoms in total. The predicted molar refractivity (Wildman–Crippen MR) is 87.2 cm³/mol. The van der Waals surface area contributed by atoms with Gasteiger partial charge in [0.2, 0.25) is 4.87 Å². The molecule has 1 aromatic carbocycles. The number of alkyl halides is 3. The molecule has 0 aliphatic heterocycles. The first-order valence-corrected chi connectivity index (χ1v) is 9.83. The molecule has 1 amide bonds. The Morgan fingerprint density at radius 3 is 2.19 bits per heavy atom. The van der Waals surface area contributed by atoms with E-state index in [9.17, 15) is 30.8 Å². The highest BCUT2D eigenvalue weighted by atomic mass is 35.7. The fraction of sp³-hybridized carbons (Fsp3) is 0.467. The Kier molecular flexibility index (Phi) is 5.49. The van der Waals surface area contributed by atoms with Crippen molar-refractivity contribution < 1.29 is 30.8 Å². The summed E-state index contributed by atoms with van der Waals surface area (Å²) in [6.07, 6.45) is -4.57. The van der Waals surface area contributed by atoms with E-state index in [1.54, 1.807) is 11.4 Å². The van der Waals surface area contributed by atoms with Gasteiger partial charge in [0.05, 0.1) is 6.07 Å². The van der Waals surface area contributed by atoms with Crippen molar-refractivity contribution in [3.8, 4) is 6.07 Å². The molecule has 1 aromatic rings. The molecule has 0 aromatic heterocycles. The maximum absolute atomic E-state index is 13.5. The second kappa shape index (κ2) is 6.92. The van der Waals surface area contributed by atoms with Gasteiger partial charge in [0.15, 0.2) is 0 Å². The lowest BCUT2D eigenvalue weighted by atomic mass is 10.0. The van der Waals surface area contributed by atoms with Gasteiger partial charge in [-0.1, -0.05) is 12.1 Å². The summed E-state index contributed by atoms with van der Waals surface area (Å²) >= 11 is 0. The third-order valence-electron chi connectivity index (χ3n) is 4.19. The number of halogens is 5. The zero-order valence-corrected chi connectivity index (χ0v) is 15.3. The zero-order valence-electron chi connectivity index (χ0n) is 13.8. The lowest BCUT2D eigenvalue weighted by Gasteiger charge is -2.33. The largest absolute Gasteiger partial charge is 0.407 e. The van der Waals surface area contributed by atoms with E-state index in [2.05, 4.69) is 5.32 Å². The quantitative estimate of drug-likeness (QED) is 0.536. The van der Waals surface area contributed by atoms with Crippen LogP contribution in [0.2, 0.25) is 0 Å². The summed E-state index contributed by atoms with van der Waals surface area (Å²) in [7, 11) is 0.351. The van der Waals surface area contributed by atoms with Crippen molar-refractivity contribution in [2.24, 2.45) is 0 Å². The van der Waals surface area contributed by atoms with Gasteiger partial charge in [0.1, 0.15) is 17.4 Å². The van der Waals surface area contributed by atoms with E-state index in [-0.39, 0.29) is 12.8 Å². The summed E-state index contributed by atoms with van der Waals surface area (Å²) in [5, 5.41) is 12.9. The summed E-state index contributed by atoms with van der Waals surface area (Å²) in [5.41, 5.74) is -1.85. The minimum Gasteiger partial charge on any atom is -0.335 e. The normalized spacial score (nSPS) is 19.4. The number of amides is 1. The number of hydrogen-bond donors (Lipinski definition) is 2. The summed E-state index contributed by atoms with van der Waals surface area (Å²) in [5.74, 6) is -2.19. The molecule has 2 rings (SSSR count). The van der Waals surface area contributed by atoms with Crippen molar-refractivity contribution in [1.29, 1.82) is 5.26 Å². The first kappa shape index (κ1) is 21.4. The van der Waals surface area contributed by atoms with E-state index in [4.69, 9.17) is 15.9 Å². The number of carbonyl (C=O) groups is 1. The van der Waals surface area contributed by atoms with Crippen LogP contribution in [0.15, 0.2) is 24.3 Å². The average Bonchev–Trinajstić information content (AvgIpc) is 3.31. The van der Waals surface area contributed by atoms with Crippen molar-refractivity contribution in [2.45, 2.75) is 42.4 Å². The van der Waals surface area contributed by atoms with Crippen LogP contribution in [0.1, 0.15) is 31.4 Å². The number of carbonyl (C=O) groups excluding carboxylic acids is 1. The second-order valence-corrected chi connectivity index (χ2v) is 9.20. The molecule has 148 valence electrons. The first-order chi connectivity index (χ1) is 12.2. The van der Waals surface area contributed by atoms with E-state index < -0.39 is 49.0 Å². The molecular formula is C15H14ClF4N3O3S. The van der Waals surface area contributed by atoms with Crippen LogP contribution in [0, 0.1) is 17.1 Å². The van der Waals surface area contributed by atoms with Crippen molar-refractivity contribution in [3.05, 3.63) is 35.6 Å². The van der Waals surface area contributed by atoms with Crippen LogP contribution in [-0.4, -0.2) is 30.9 Å². The molecule has 0 saturated heterocycles. The molecule has 12 heteroatoms. The molecule has 1 aliphatic carbocycles. The van der Waals surface area contributed by atoms with Gasteiger partial charge in [0, 0.05) is 10.7 Å².